The Bertz CT molecular complexity index is 728. The minimum absolute atomic E-state index is 0.149. The largest absolute Gasteiger partial charge is 0.480 e. The van der Waals surface area contributed by atoms with Crippen LogP contribution in [0, 0.1) is 5.92 Å². The predicted molar refractivity (Wildman–Crippen MR) is 95.5 cm³/mol. The van der Waals surface area contributed by atoms with E-state index in [4.69, 9.17) is 5.11 Å². The highest BCUT2D eigenvalue weighted by molar-refractivity contribution is 7.18. The number of pyridine rings is 1. The first-order chi connectivity index (χ1) is 12.2. The Morgan fingerprint density at radius 3 is 2.84 bits per heavy atom. The van der Waals surface area contributed by atoms with Gasteiger partial charge in [-0.05, 0) is 43.7 Å². The number of aromatic nitrogens is 3. The zero-order chi connectivity index (χ0) is 17.2. The fourth-order valence-corrected chi connectivity index (χ4v) is 4.00. The Kier molecular flexibility index (Phi) is 4.63. The van der Waals surface area contributed by atoms with Crippen molar-refractivity contribution in [2.75, 3.05) is 18.4 Å². The van der Waals surface area contributed by atoms with Gasteiger partial charge < -0.3 is 10.4 Å². The van der Waals surface area contributed by atoms with Crippen molar-refractivity contribution in [3.63, 3.8) is 0 Å². The SMILES string of the molecule is O=C(O)CN(CC1CC1)C1CC(Nc2nnc(-c3ccccn3)s2)C1. The van der Waals surface area contributed by atoms with E-state index < -0.39 is 5.97 Å². The summed E-state index contributed by atoms with van der Waals surface area (Å²) in [5, 5.41) is 22.5. The molecule has 2 aromatic heterocycles. The maximum absolute atomic E-state index is 11.1. The molecule has 2 N–H and O–H groups in total. The van der Waals surface area contributed by atoms with Gasteiger partial charge in [-0.15, -0.1) is 10.2 Å². The van der Waals surface area contributed by atoms with Gasteiger partial charge in [0, 0.05) is 24.8 Å². The van der Waals surface area contributed by atoms with Crippen LogP contribution in [0.3, 0.4) is 0 Å². The molecule has 2 fully saturated rings. The number of rotatable bonds is 8. The zero-order valence-electron chi connectivity index (χ0n) is 13.8. The van der Waals surface area contributed by atoms with Gasteiger partial charge in [0.05, 0.1) is 6.54 Å². The predicted octanol–water partition coefficient (Wildman–Crippen LogP) is 2.34. The van der Waals surface area contributed by atoms with E-state index in [1.807, 2.05) is 18.2 Å². The van der Waals surface area contributed by atoms with Crippen molar-refractivity contribution in [2.45, 2.75) is 37.8 Å². The van der Waals surface area contributed by atoms with E-state index in [-0.39, 0.29) is 6.54 Å². The molecule has 0 bridgehead atoms. The van der Waals surface area contributed by atoms with Gasteiger partial charge in [0.1, 0.15) is 5.69 Å². The fourth-order valence-electron chi connectivity index (χ4n) is 3.20. The van der Waals surface area contributed by atoms with Gasteiger partial charge in [0.25, 0.3) is 0 Å². The molecule has 132 valence electrons. The van der Waals surface area contributed by atoms with E-state index in [0.29, 0.717) is 18.0 Å². The van der Waals surface area contributed by atoms with E-state index in [1.165, 1.54) is 24.2 Å². The zero-order valence-corrected chi connectivity index (χ0v) is 14.7. The van der Waals surface area contributed by atoms with Crippen LogP contribution >= 0.6 is 11.3 Å². The molecule has 2 aromatic rings. The molecule has 0 spiro atoms. The number of carbonyl (C=O) groups is 1. The third kappa shape index (κ3) is 4.13. The van der Waals surface area contributed by atoms with Gasteiger partial charge in [0.2, 0.25) is 5.13 Å². The smallest absolute Gasteiger partial charge is 0.317 e. The molecule has 2 heterocycles. The summed E-state index contributed by atoms with van der Waals surface area (Å²) in [7, 11) is 0. The van der Waals surface area contributed by atoms with Crippen molar-refractivity contribution in [3.05, 3.63) is 24.4 Å². The van der Waals surface area contributed by atoms with Crippen LogP contribution in [-0.4, -0.2) is 56.3 Å². The Hall–Kier alpha value is -2.06. The molecule has 0 unspecified atom stereocenters. The summed E-state index contributed by atoms with van der Waals surface area (Å²) in [6.07, 6.45) is 6.14. The highest BCUT2D eigenvalue weighted by Gasteiger charge is 2.37. The molecule has 4 rings (SSSR count). The number of nitrogens with zero attached hydrogens (tertiary/aromatic N) is 4. The topological polar surface area (TPSA) is 91.2 Å². The molecule has 0 aliphatic heterocycles. The Balaban J connectivity index is 1.30. The van der Waals surface area contributed by atoms with Gasteiger partial charge in [-0.3, -0.25) is 14.7 Å². The van der Waals surface area contributed by atoms with Gasteiger partial charge >= 0.3 is 5.97 Å². The molecule has 0 radical (unpaired) electrons. The Morgan fingerprint density at radius 1 is 1.32 bits per heavy atom. The van der Waals surface area contributed by atoms with Crippen LogP contribution < -0.4 is 5.32 Å². The van der Waals surface area contributed by atoms with Crippen molar-refractivity contribution >= 4 is 22.4 Å². The number of hydrogen-bond acceptors (Lipinski definition) is 7. The molecule has 2 saturated carbocycles. The number of carboxylic acid groups (broad SMARTS) is 1. The lowest BCUT2D eigenvalue weighted by Crippen LogP contribution is -2.52. The molecule has 2 aliphatic carbocycles. The van der Waals surface area contributed by atoms with Gasteiger partial charge in [-0.1, -0.05) is 17.4 Å². The summed E-state index contributed by atoms with van der Waals surface area (Å²) in [4.78, 5) is 17.5. The number of hydrogen-bond donors (Lipinski definition) is 2. The fraction of sp³-hybridized carbons (Fsp3) is 0.529. The molecule has 25 heavy (non-hydrogen) atoms. The minimum atomic E-state index is -0.735. The Labute approximate surface area is 150 Å². The standard InChI is InChI=1S/C17H21N5O2S/c23-15(24)10-22(9-11-4-5-11)13-7-12(8-13)19-17-21-20-16(25-17)14-3-1-2-6-18-14/h1-3,6,11-13H,4-5,7-10H2,(H,19,21)(H,23,24). The van der Waals surface area contributed by atoms with Crippen LogP contribution in [-0.2, 0) is 4.79 Å². The second kappa shape index (κ2) is 7.05. The monoisotopic (exact) mass is 359 g/mol. The van der Waals surface area contributed by atoms with E-state index in [9.17, 15) is 4.79 Å². The molecule has 0 atom stereocenters. The first-order valence-corrected chi connectivity index (χ1v) is 9.46. The quantitative estimate of drug-likeness (QED) is 0.747. The molecular weight excluding hydrogens is 338 g/mol. The number of anilines is 1. The van der Waals surface area contributed by atoms with Gasteiger partial charge in [-0.2, -0.15) is 0 Å². The van der Waals surface area contributed by atoms with Crippen LogP contribution in [0.25, 0.3) is 10.7 Å². The molecule has 2 aliphatic rings. The van der Waals surface area contributed by atoms with Gasteiger partial charge in [-0.25, -0.2) is 0 Å². The van der Waals surface area contributed by atoms with Crippen LogP contribution in [0.5, 0.6) is 0 Å². The van der Waals surface area contributed by atoms with Crippen molar-refractivity contribution in [1.29, 1.82) is 0 Å². The second-order valence-electron chi connectivity index (χ2n) is 6.86. The van der Waals surface area contributed by atoms with Crippen molar-refractivity contribution in [3.8, 4) is 10.7 Å². The highest BCUT2D eigenvalue weighted by atomic mass is 32.1. The highest BCUT2D eigenvalue weighted by Crippen LogP contribution is 2.35. The first kappa shape index (κ1) is 16.4. The molecule has 0 saturated heterocycles. The number of carboxylic acids is 1. The van der Waals surface area contributed by atoms with E-state index in [2.05, 4.69) is 25.4 Å². The van der Waals surface area contributed by atoms with Crippen LogP contribution in [0.1, 0.15) is 25.7 Å². The van der Waals surface area contributed by atoms with Crippen molar-refractivity contribution < 1.29 is 9.90 Å². The molecule has 7 nitrogen and oxygen atoms in total. The van der Waals surface area contributed by atoms with Crippen molar-refractivity contribution in [1.82, 2.24) is 20.1 Å². The minimum Gasteiger partial charge on any atom is -0.480 e. The van der Waals surface area contributed by atoms with Crippen LogP contribution in [0.4, 0.5) is 5.13 Å². The summed E-state index contributed by atoms with van der Waals surface area (Å²) >= 11 is 1.50. The molecule has 0 amide bonds. The summed E-state index contributed by atoms with van der Waals surface area (Å²) in [6, 6.07) is 6.43. The van der Waals surface area contributed by atoms with Crippen LogP contribution in [0.2, 0.25) is 0 Å². The summed E-state index contributed by atoms with van der Waals surface area (Å²) in [5.41, 5.74) is 0.830. The Morgan fingerprint density at radius 2 is 2.16 bits per heavy atom. The molecule has 0 aromatic carbocycles. The van der Waals surface area contributed by atoms with E-state index in [0.717, 1.165) is 35.2 Å². The van der Waals surface area contributed by atoms with Crippen LogP contribution in [0.15, 0.2) is 24.4 Å². The van der Waals surface area contributed by atoms with E-state index in [1.54, 1.807) is 6.20 Å². The normalized spacial score (nSPS) is 22.6. The lowest BCUT2D eigenvalue weighted by molar-refractivity contribution is -0.139. The number of aliphatic carboxylic acids is 1. The number of nitrogens with one attached hydrogen (secondary N) is 1. The second-order valence-corrected chi connectivity index (χ2v) is 7.84. The lowest BCUT2D eigenvalue weighted by Gasteiger charge is -2.42. The van der Waals surface area contributed by atoms with Gasteiger partial charge in [0.15, 0.2) is 5.01 Å². The van der Waals surface area contributed by atoms with Crippen molar-refractivity contribution in [2.24, 2.45) is 5.92 Å². The van der Waals surface area contributed by atoms with E-state index >= 15 is 0 Å². The molecule has 8 heteroatoms. The third-order valence-electron chi connectivity index (χ3n) is 4.79. The summed E-state index contributed by atoms with van der Waals surface area (Å²) < 4.78 is 0. The maximum Gasteiger partial charge on any atom is 0.317 e. The summed E-state index contributed by atoms with van der Waals surface area (Å²) in [6.45, 7) is 1.07. The first-order valence-electron chi connectivity index (χ1n) is 8.64. The third-order valence-corrected chi connectivity index (χ3v) is 5.67. The lowest BCUT2D eigenvalue weighted by atomic mass is 9.85. The maximum atomic E-state index is 11.1. The average Bonchev–Trinajstić information content (AvgIpc) is 3.25. The average molecular weight is 359 g/mol. The molecular formula is C17H21N5O2S. The summed E-state index contributed by atoms with van der Waals surface area (Å²) in [5.74, 6) is -0.0309.